The molecular formula is C23H26N2O5S. The molecule has 1 unspecified atom stereocenters. The fraction of sp³-hybridized carbons (Fsp3) is 0.304. The number of nitrogens with one attached hydrogen (secondary N) is 1. The first-order valence-corrected chi connectivity index (χ1v) is 11.9. The number of pyridine rings is 1. The summed E-state index contributed by atoms with van der Waals surface area (Å²) in [5.74, 6) is 0.282. The predicted octanol–water partition coefficient (Wildman–Crippen LogP) is 3.75. The maximum Gasteiger partial charge on any atom is 0.220 e. The predicted molar refractivity (Wildman–Crippen MR) is 119 cm³/mol. The number of aromatic hydroxyl groups is 1. The second-order valence-corrected chi connectivity index (χ2v) is 9.35. The van der Waals surface area contributed by atoms with E-state index in [4.69, 9.17) is 4.74 Å². The second-order valence-electron chi connectivity index (χ2n) is 7.36. The molecule has 0 aliphatic heterocycles. The number of rotatable bonds is 8. The summed E-state index contributed by atoms with van der Waals surface area (Å²) in [5, 5.41) is 14.3. The minimum atomic E-state index is -3.62. The van der Waals surface area contributed by atoms with Gasteiger partial charge >= 0.3 is 0 Å². The van der Waals surface area contributed by atoms with Gasteiger partial charge in [-0.05, 0) is 42.3 Å². The molecule has 0 spiro atoms. The van der Waals surface area contributed by atoms with E-state index in [2.05, 4.69) is 10.3 Å². The van der Waals surface area contributed by atoms with Gasteiger partial charge in [-0.2, -0.15) is 0 Å². The SMILES string of the molecule is CCCCC(=O)NC(c1ccc(OC)cc1)c1cc(S(C)(=O)=O)c2cccnc2c1O. The molecule has 3 rings (SSSR count). The molecule has 0 aliphatic carbocycles. The fourth-order valence-corrected chi connectivity index (χ4v) is 4.36. The molecule has 2 N–H and O–H groups in total. The number of nitrogens with zero attached hydrogens (tertiary/aromatic N) is 1. The Morgan fingerprint density at radius 3 is 2.55 bits per heavy atom. The summed E-state index contributed by atoms with van der Waals surface area (Å²) in [6.07, 6.45) is 4.51. The molecule has 0 aliphatic rings. The lowest BCUT2D eigenvalue weighted by Crippen LogP contribution is -2.29. The fourth-order valence-electron chi connectivity index (χ4n) is 3.45. The van der Waals surface area contributed by atoms with Crippen LogP contribution in [0.2, 0.25) is 0 Å². The van der Waals surface area contributed by atoms with E-state index in [1.165, 1.54) is 12.3 Å². The third kappa shape index (κ3) is 4.96. The minimum Gasteiger partial charge on any atom is -0.505 e. The zero-order valence-corrected chi connectivity index (χ0v) is 18.6. The number of carbonyl (C=O) groups is 1. The Morgan fingerprint density at radius 2 is 1.94 bits per heavy atom. The summed E-state index contributed by atoms with van der Waals surface area (Å²) in [6.45, 7) is 1.99. The van der Waals surface area contributed by atoms with Crippen molar-refractivity contribution in [3.8, 4) is 11.5 Å². The van der Waals surface area contributed by atoms with Crippen molar-refractivity contribution in [2.24, 2.45) is 0 Å². The molecule has 1 heterocycles. The van der Waals surface area contributed by atoms with Gasteiger partial charge < -0.3 is 15.2 Å². The lowest BCUT2D eigenvalue weighted by molar-refractivity contribution is -0.121. The average Bonchev–Trinajstić information content (AvgIpc) is 2.76. The molecule has 8 heteroatoms. The van der Waals surface area contributed by atoms with E-state index in [0.29, 0.717) is 23.1 Å². The van der Waals surface area contributed by atoms with Crippen LogP contribution in [0.1, 0.15) is 43.4 Å². The average molecular weight is 443 g/mol. The van der Waals surface area contributed by atoms with Crippen molar-refractivity contribution in [1.82, 2.24) is 10.3 Å². The third-order valence-corrected chi connectivity index (χ3v) is 6.22. The van der Waals surface area contributed by atoms with E-state index in [0.717, 1.165) is 19.1 Å². The Balaban J connectivity index is 2.22. The molecule has 0 saturated carbocycles. The molecule has 0 radical (unpaired) electrons. The number of hydrogen-bond acceptors (Lipinski definition) is 6. The molecule has 164 valence electrons. The summed E-state index contributed by atoms with van der Waals surface area (Å²) in [6, 6.07) is 10.9. The van der Waals surface area contributed by atoms with Crippen LogP contribution in [0, 0.1) is 0 Å². The zero-order valence-electron chi connectivity index (χ0n) is 17.8. The van der Waals surface area contributed by atoms with Gasteiger partial charge in [0.05, 0.1) is 18.0 Å². The first kappa shape index (κ1) is 22.6. The standard InChI is InChI=1S/C23H26N2O5S/c1-4-5-8-20(26)25-21(15-9-11-16(30-2)12-10-15)18-14-19(31(3,28)29)17-7-6-13-24-22(17)23(18)27/h6-7,9-14,21,27H,4-5,8H2,1-3H3,(H,25,26). The van der Waals surface area contributed by atoms with Crippen LogP contribution >= 0.6 is 0 Å². The van der Waals surface area contributed by atoms with Gasteiger partial charge in [-0.3, -0.25) is 9.78 Å². The van der Waals surface area contributed by atoms with E-state index in [9.17, 15) is 18.3 Å². The van der Waals surface area contributed by atoms with Gasteiger partial charge in [-0.25, -0.2) is 8.42 Å². The molecule has 31 heavy (non-hydrogen) atoms. The van der Waals surface area contributed by atoms with Crippen LogP contribution in [0.25, 0.3) is 10.9 Å². The Labute approximate surface area is 182 Å². The quantitative estimate of drug-likeness (QED) is 0.550. The van der Waals surface area contributed by atoms with Gasteiger partial charge in [0.25, 0.3) is 0 Å². The number of methoxy groups -OCH3 is 1. The highest BCUT2D eigenvalue weighted by Gasteiger charge is 2.26. The van der Waals surface area contributed by atoms with Crippen molar-refractivity contribution in [2.45, 2.75) is 37.1 Å². The number of phenolic OH excluding ortho intramolecular Hbond substituents is 1. The van der Waals surface area contributed by atoms with E-state index in [1.54, 1.807) is 43.5 Å². The van der Waals surface area contributed by atoms with Gasteiger partial charge in [0.1, 0.15) is 17.0 Å². The molecule has 0 saturated heterocycles. The number of amides is 1. The van der Waals surface area contributed by atoms with Gasteiger partial charge in [-0.1, -0.05) is 25.5 Å². The van der Waals surface area contributed by atoms with Crippen LogP contribution in [-0.4, -0.2) is 37.8 Å². The van der Waals surface area contributed by atoms with Crippen molar-refractivity contribution >= 4 is 26.6 Å². The van der Waals surface area contributed by atoms with Crippen LogP contribution in [0.4, 0.5) is 0 Å². The largest absolute Gasteiger partial charge is 0.505 e. The first-order chi connectivity index (χ1) is 14.8. The number of unbranched alkanes of at least 4 members (excludes halogenated alkanes) is 1. The second kappa shape index (κ2) is 9.34. The summed E-state index contributed by atoms with van der Waals surface area (Å²) in [4.78, 5) is 16.8. The normalized spacial score (nSPS) is 12.5. The number of ether oxygens (including phenoxy) is 1. The zero-order chi connectivity index (χ0) is 22.6. The Kier molecular flexibility index (Phi) is 6.80. The molecule has 7 nitrogen and oxygen atoms in total. The molecule has 1 atom stereocenters. The molecule has 1 aromatic heterocycles. The van der Waals surface area contributed by atoms with Crippen LogP contribution in [0.3, 0.4) is 0 Å². The highest BCUT2D eigenvalue weighted by Crippen LogP contribution is 2.38. The number of fused-ring (bicyclic) bond motifs is 1. The molecule has 2 aromatic carbocycles. The van der Waals surface area contributed by atoms with Crippen molar-refractivity contribution in [3.63, 3.8) is 0 Å². The number of aromatic nitrogens is 1. The van der Waals surface area contributed by atoms with E-state index >= 15 is 0 Å². The third-order valence-electron chi connectivity index (χ3n) is 5.08. The highest BCUT2D eigenvalue weighted by molar-refractivity contribution is 7.91. The van der Waals surface area contributed by atoms with Crippen molar-refractivity contribution < 1.29 is 23.1 Å². The monoisotopic (exact) mass is 442 g/mol. The van der Waals surface area contributed by atoms with E-state index < -0.39 is 15.9 Å². The molecule has 0 bridgehead atoms. The maximum absolute atomic E-state index is 12.6. The van der Waals surface area contributed by atoms with Gasteiger partial charge in [0.2, 0.25) is 5.91 Å². The van der Waals surface area contributed by atoms with Crippen molar-refractivity contribution in [3.05, 3.63) is 59.8 Å². The highest BCUT2D eigenvalue weighted by atomic mass is 32.2. The molecule has 3 aromatic rings. The van der Waals surface area contributed by atoms with Gasteiger partial charge in [-0.15, -0.1) is 0 Å². The molecule has 0 fully saturated rings. The minimum absolute atomic E-state index is 0.0460. The Morgan fingerprint density at radius 1 is 1.23 bits per heavy atom. The Bertz CT molecular complexity index is 1190. The summed E-state index contributed by atoms with van der Waals surface area (Å²) < 4.78 is 30.2. The smallest absolute Gasteiger partial charge is 0.220 e. The number of hydrogen-bond donors (Lipinski definition) is 2. The van der Waals surface area contributed by atoms with E-state index in [1.807, 2.05) is 6.92 Å². The van der Waals surface area contributed by atoms with Gasteiger partial charge in [0, 0.05) is 29.8 Å². The lowest BCUT2D eigenvalue weighted by atomic mass is 9.95. The summed E-state index contributed by atoms with van der Waals surface area (Å²) in [5.41, 5.74) is 1.11. The van der Waals surface area contributed by atoms with Crippen LogP contribution in [0.15, 0.2) is 53.6 Å². The van der Waals surface area contributed by atoms with Crippen LogP contribution < -0.4 is 10.1 Å². The number of phenols is 1. The topological polar surface area (TPSA) is 106 Å². The summed E-state index contributed by atoms with van der Waals surface area (Å²) in [7, 11) is -2.07. The van der Waals surface area contributed by atoms with Crippen molar-refractivity contribution in [1.29, 1.82) is 0 Å². The maximum atomic E-state index is 12.6. The number of carbonyl (C=O) groups excluding carboxylic acids is 1. The molecule has 1 amide bonds. The first-order valence-electron chi connectivity index (χ1n) is 10.00. The van der Waals surface area contributed by atoms with E-state index in [-0.39, 0.29) is 27.6 Å². The lowest BCUT2D eigenvalue weighted by Gasteiger charge is -2.23. The number of benzene rings is 2. The number of sulfone groups is 1. The van der Waals surface area contributed by atoms with Gasteiger partial charge in [0.15, 0.2) is 9.84 Å². The Hall–Kier alpha value is -3.13. The molecular weight excluding hydrogens is 416 g/mol. The van der Waals surface area contributed by atoms with Crippen LogP contribution in [-0.2, 0) is 14.6 Å². The van der Waals surface area contributed by atoms with Crippen LogP contribution in [0.5, 0.6) is 11.5 Å². The van der Waals surface area contributed by atoms with Crippen molar-refractivity contribution in [2.75, 3.05) is 13.4 Å². The summed E-state index contributed by atoms with van der Waals surface area (Å²) >= 11 is 0.